The van der Waals surface area contributed by atoms with Crippen LogP contribution in [-0.4, -0.2) is 42.8 Å². The monoisotopic (exact) mass is 466 g/mol. The number of para-hydroxylation sites is 1. The second-order valence-corrected chi connectivity index (χ2v) is 8.53. The van der Waals surface area contributed by atoms with Crippen molar-refractivity contribution in [2.24, 2.45) is 5.92 Å². The van der Waals surface area contributed by atoms with Gasteiger partial charge in [-0.2, -0.15) is 0 Å². The average Bonchev–Trinajstić information content (AvgIpc) is 2.86. The molecule has 1 aliphatic heterocycles. The number of anilines is 1. The van der Waals surface area contributed by atoms with Crippen LogP contribution in [0.25, 0.3) is 0 Å². The van der Waals surface area contributed by atoms with Crippen LogP contribution in [0.1, 0.15) is 49.8 Å². The summed E-state index contributed by atoms with van der Waals surface area (Å²) in [6.45, 7) is 4.64. The number of carbonyl (C=O) groups excluding carboxylic acids is 3. The summed E-state index contributed by atoms with van der Waals surface area (Å²) in [6, 6.07) is 14.7. The van der Waals surface area contributed by atoms with Crippen molar-refractivity contribution in [1.82, 2.24) is 15.8 Å². The van der Waals surface area contributed by atoms with Crippen molar-refractivity contribution in [3.63, 3.8) is 0 Å². The van der Waals surface area contributed by atoms with Crippen LogP contribution in [0.3, 0.4) is 0 Å². The Labute approximate surface area is 201 Å². The lowest BCUT2D eigenvalue weighted by Crippen LogP contribution is -2.52. The van der Waals surface area contributed by atoms with E-state index in [1.165, 1.54) is 0 Å². The standard InChI is InChI=1S/C26H34N4O4/c1-4-5-16-30-24(32)15-14-21(25(30)20-8-6-7-9-22(20)34-3)26(33)29-28-23(31)17-27-19-12-10-18(2)11-13-19/h6-13,21,25,27H,4-5,14-17H2,1-3H3,(H,28,31)(H,29,33). The number of nitrogens with zero attached hydrogens (tertiary/aromatic N) is 1. The third-order valence-corrected chi connectivity index (χ3v) is 6.08. The average molecular weight is 467 g/mol. The van der Waals surface area contributed by atoms with Crippen LogP contribution in [0.15, 0.2) is 48.5 Å². The summed E-state index contributed by atoms with van der Waals surface area (Å²) in [4.78, 5) is 40.1. The van der Waals surface area contributed by atoms with E-state index in [0.29, 0.717) is 18.7 Å². The largest absolute Gasteiger partial charge is 0.496 e. The molecule has 0 radical (unpaired) electrons. The van der Waals surface area contributed by atoms with Crippen molar-refractivity contribution in [2.75, 3.05) is 25.5 Å². The molecule has 0 aliphatic carbocycles. The Balaban J connectivity index is 1.70. The maximum absolute atomic E-state index is 13.2. The number of ether oxygens (including phenoxy) is 1. The molecule has 0 bridgehead atoms. The lowest BCUT2D eigenvalue weighted by molar-refractivity contribution is -0.144. The van der Waals surface area contributed by atoms with Crippen LogP contribution in [0.5, 0.6) is 5.75 Å². The van der Waals surface area contributed by atoms with E-state index in [2.05, 4.69) is 23.1 Å². The molecular weight excluding hydrogens is 432 g/mol. The molecule has 8 heteroatoms. The highest BCUT2D eigenvalue weighted by molar-refractivity contribution is 5.88. The molecule has 3 N–H and O–H groups in total. The first-order valence-corrected chi connectivity index (χ1v) is 11.8. The van der Waals surface area contributed by atoms with E-state index in [4.69, 9.17) is 4.74 Å². The minimum absolute atomic E-state index is 0.0189. The van der Waals surface area contributed by atoms with Crippen LogP contribution >= 0.6 is 0 Å². The molecule has 8 nitrogen and oxygen atoms in total. The van der Waals surface area contributed by atoms with Crippen molar-refractivity contribution in [1.29, 1.82) is 0 Å². The molecule has 2 atom stereocenters. The molecule has 0 saturated carbocycles. The van der Waals surface area contributed by atoms with E-state index in [-0.39, 0.29) is 30.7 Å². The molecule has 3 amide bonds. The van der Waals surface area contributed by atoms with Gasteiger partial charge in [-0.05, 0) is 38.0 Å². The van der Waals surface area contributed by atoms with Crippen molar-refractivity contribution < 1.29 is 19.1 Å². The Hall–Kier alpha value is -3.55. The first-order chi connectivity index (χ1) is 16.4. The smallest absolute Gasteiger partial charge is 0.257 e. The first-order valence-electron chi connectivity index (χ1n) is 11.8. The lowest BCUT2D eigenvalue weighted by Gasteiger charge is -2.41. The number of methoxy groups -OCH3 is 1. The summed E-state index contributed by atoms with van der Waals surface area (Å²) >= 11 is 0. The zero-order valence-corrected chi connectivity index (χ0v) is 20.1. The van der Waals surface area contributed by atoms with Gasteiger partial charge >= 0.3 is 0 Å². The molecule has 1 fully saturated rings. The first kappa shape index (κ1) is 25.1. The molecule has 1 heterocycles. The Morgan fingerprint density at radius 2 is 1.82 bits per heavy atom. The van der Waals surface area contributed by atoms with Crippen molar-refractivity contribution >= 4 is 23.4 Å². The van der Waals surface area contributed by atoms with Crippen molar-refractivity contribution in [3.05, 3.63) is 59.7 Å². The molecule has 0 spiro atoms. The maximum Gasteiger partial charge on any atom is 0.257 e. The molecule has 3 rings (SSSR count). The fraction of sp³-hybridized carbons (Fsp3) is 0.423. The van der Waals surface area contributed by atoms with Gasteiger partial charge in [-0.15, -0.1) is 0 Å². The minimum Gasteiger partial charge on any atom is -0.496 e. The highest BCUT2D eigenvalue weighted by Gasteiger charge is 2.41. The maximum atomic E-state index is 13.2. The number of aryl methyl sites for hydroxylation is 1. The summed E-state index contributed by atoms with van der Waals surface area (Å²) < 4.78 is 5.55. The zero-order valence-electron chi connectivity index (χ0n) is 20.1. The Morgan fingerprint density at radius 3 is 2.53 bits per heavy atom. The lowest BCUT2D eigenvalue weighted by atomic mass is 9.83. The van der Waals surface area contributed by atoms with Gasteiger partial charge in [0.05, 0.1) is 25.6 Å². The number of nitrogens with one attached hydrogen (secondary N) is 3. The molecule has 182 valence electrons. The molecule has 34 heavy (non-hydrogen) atoms. The van der Waals surface area contributed by atoms with E-state index < -0.39 is 12.0 Å². The molecule has 1 aliphatic rings. The second kappa shape index (κ2) is 12.1. The number of piperidine rings is 1. The number of hydrogen-bond donors (Lipinski definition) is 3. The van der Waals surface area contributed by atoms with Crippen molar-refractivity contribution in [3.8, 4) is 5.75 Å². The number of hydrogen-bond acceptors (Lipinski definition) is 5. The summed E-state index contributed by atoms with van der Waals surface area (Å²) in [7, 11) is 1.58. The molecule has 2 unspecified atom stereocenters. The fourth-order valence-corrected chi connectivity index (χ4v) is 4.24. The van der Waals surface area contributed by atoms with Crippen LogP contribution in [0.2, 0.25) is 0 Å². The van der Waals surface area contributed by atoms with Gasteiger partial charge in [-0.1, -0.05) is 49.2 Å². The third kappa shape index (κ3) is 6.27. The second-order valence-electron chi connectivity index (χ2n) is 8.53. The Bertz CT molecular complexity index is 993. The van der Waals surface area contributed by atoms with Gasteiger partial charge in [-0.3, -0.25) is 25.2 Å². The molecule has 2 aromatic carbocycles. The number of rotatable bonds is 9. The van der Waals surface area contributed by atoms with Crippen LogP contribution in [-0.2, 0) is 14.4 Å². The SMILES string of the molecule is CCCCN1C(=O)CCC(C(=O)NNC(=O)CNc2ccc(C)cc2)C1c1ccccc1OC. The van der Waals surface area contributed by atoms with Gasteiger partial charge in [-0.25, -0.2) is 0 Å². The highest BCUT2D eigenvalue weighted by Crippen LogP contribution is 2.40. The molecule has 1 saturated heterocycles. The van der Waals surface area contributed by atoms with Gasteiger partial charge in [0.2, 0.25) is 11.8 Å². The van der Waals surface area contributed by atoms with Gasteiger partial charge in [0.15, 0.2) is 0 Å². The van der Waals surface area contributed by atoms with E-state index in [1.807, 2.05) is 55.5 Å². The number of amides is 3. The van der Waals surface area contributed by atoms with E-state index in [1.54, 1.807) is 12.0 Å². The van der Waals surface area contributed by atoms with Crippen LogP contribution < -0.4 is 20.9 Å². The molecule has 0 aromatic heterocycles. The van der Waals surface area contributed by atoms with E-state index in [0.717, 1.165) is 29.7 Å². The van der Waals surface area contributed by atoms with Gasteiger partial charge in [0, 0.05) is 24.2 Å². The quantitative estimate of drug-likeness (QED) is 0.492. The fourth-order valence-electron chi connectivity index (χ4n) is 4.24. The summed E-state index contributed by atoms with van der Waals surface area (Å²) in [6.07, 6.45) is 2.46. The predicted molar refractivity (Wildman–Crippen MR) is 131 cm³/mol. The molecule has 2 aromatic rings. The minimum atomic E-state index is -0.517. The van der Waals surface area contributed by atoms with Gasteiger partial charge in [0.1, 0.15) is 5.75 Å². The van der Waals surface area contributed by atoms with Crippen LogP contribution in [0, 0.1) is 12.8 Å². The van der Waals surface area contributed by atoms with Gasteiger partial charge in [0.25, 0.3) is 5.91 Å². The Kier molecular flexibility index (Phi) is 8.90. The van der Waals surface area contributed by atoms with Crippen LogP contribution in [0.4, 0.5) is 5.69 Å². The number of benzene rings is 2. The highest BCUT2D eigenvalue weighted by atomic mass is 16.5. The summed E-state index contributed by atoms with van der Waals surface area (Å²) in [5.74, 6) is -0.546. The topological polar surface area (TPSA) is 99.8 Å². The van der Waals surface area contributed by atoms with Crippen molar-refractivity contribution in [2.45, 2.75) is 45.6 Å². The summed E-state index contributed by atoms with van der Waals surface area (Å²) in [5.41, 5.74) is 7.81. The zero-order chi connectivity index (χ0) is 24.5. The predicted octanol–water partition coefficient (Wildman–Crippen LogP) is 3.34. The van der Waals surface area contributed by atoms with Gasteiger partial charge < -0.3 is 15.0 Å². The van der Waals surface area contributed by atoms with E-state index in [9.17, 15) is 14.4 Å². The summed E-state index contributed by atoms with van der Waals surface area (Å²) in [5, 5.41) is 3.03. The number of carbonyl (C=O) groups is 3. The number of unbranched alkanes of at least 4 members (excludes halogenated alkanes) is 1. The van der Waals surface area contributed by atoms with E-state index >= 15 is 0 Å². The molecular formula is C26H34N4O4. The third-order valence-electron chi connectivity index (χ3n) is 6.08. The normalized spacial score (nSPS) is 17.7. The Morgan fingerprint density at radius 1 is 1.09 bits per heavy atom. The number of hydrazine groups is 1. The number of likely N-dealkylation sites (tertiary alicyclic amines) is 1.